The highest BCUT2D eigenvalue weighted by molar-refractivity contribution is 9.10. The van der Waals surface area contributed by atoms with Gasteiger partial charge in [0.15, 0.2) is 0 Å². The van der Waals surface area contributed by atoms with E-state index in [4.69, 9.17) is 4.42 Å². The molecule has 0 unspecified atom stereocenters. The van der Waals surface area contributed by atoms with Gasteiger partial charge in [0.2, 0.25) is 0 Å². The van der Waals surface area contributed by atoms with Gasteiger partial charge >= 0.3 is 0 Å². The Kier molecular flexibility index (Phi) is 5.93. The fraction of sp³-hybridized carbons (Fsp3) is 0.261. The Balaban J connectivity index is 1.39. The first-order valence-electron chi connectivity index (χ1n) is 9.68. The molecule has 2 aromatic carbocycles. The molecule has 144 valence electrons. The highest BCUT2D eigenvalue weighted by atomic mass is 79.9. The molecule has 0 saturated carbocycles. The molecule has 0 amide bonds. The molecule has 0 atom stereocenters. The Hall–Kier alpha value is -2.37. The second-order valence-corrected chi connectivity index (χ2v) is 7.82. The Morgan fingerprint density at radius 1 is 0.929 bits per heavy atom. The van der Waals surface area contributed by atoms with E-state index in [2.05, 4.69) is 61.9 Å². The van der Waals surface area contributed by atoms with Crippen molar-refractivity contribution in [3.8, 4) is 11.3 Å². The minimum Gasteiger partial charge on any atom is -0.455 e. The topological polar surface area (TPSA) is 32.0 Å². The summed E-state index contributed by atoms with van der Waals surface area (Å²) in [7, 11) is 0. The molecule has 4 rings (SSSR count). The van der Waals surface area contributed by atoms with Crippen molar-refractivity contribution in [1.82, 2.24) is 4.90 Å². The van der Waals surface area contributed by atoms with Crippen molar-refractivity contribution < 1.29 is 4.42 Å². The number of piperazine rings is 1. The van der Waals surface area contributed by atoms with Gasteiger partial charge in [0, 0.05) is 41.9 Å². The second-order valence-electron chi connectivity index (χ2n) is 6.90. The van der Waals surface area contributed by atoms with E-state index in [-0.39, 0.29) is 0 Å². The Morgan fingerprint density at radius 3 is 2.32 bits per heavy atom. The van der Waals surface area contributed by atoms with E-state index in [1.54, 1.807) is 6.21 Å². The lowest BCUT2D eigenvalue weighted by molar-refractivity contribution is 0.271. The Labute approximate surface area is 174 Å². The van der Waals surface area contributed by atoms with Crippen LogP contribution in [0.3, 0.4) is 0 Å². The zero-order valence-corrected chi connectivity index (χ0v) is 17.6. The Morgan fingerprint density at radius 2 is 1.64 bits per heavy atom. The molecule has 28 heavy (non-hydrogen) atoms. The van der Waals surface area contributed by atoms with Gasteiger partial charge in [-0.25, -0.2) is 0 Å². The number of benzene rings is 2. The number of halogens is 1. The molecule has 5 heteroatoms. The molecule has 1 aliphatic rings. The quantitative estimate of drug-likeness (QED) is 0.486. The van der Waals surface area contributed by atoms with Crippen LogP contribution in [0.2, 0.25) is 0 Å². The summed E-state index contributed by atoms with van der Waals surface area (Å²) in [6.45, 7) is 7.80. The summed E-state index contributed by atoms with van der Waals surface area (Å²) in [5.41, 5.74) is 3.25. The predicted octanol–water partition coefficient (Wildman–Crippen LogP) is 5.60. The van der Waals surface area contributed by atoms with Crippen molar-refractivity contribution in [2.24, 2.45) is 4.99 Å². The molecule has 1 saturated heterocycles. The zero-order valence-electron chi connectivity index (χ0n) is 16.0. The van der Waals surface area contributed by atoms with Gasteiger partial charge in [0.1, 0.15) is 11.5 Å². The maximum absolute atomic E-state index is 5.89. The SMILES string of the molecule is CCN1CCN(c2ccc(N=Cc3ccc(-c4ccc(Br)cc4)o3)cc2)CC1. The van der Waals surface area contributed by atoms with Crippen LogP contribution in [0.15, 0.2) is 74.5 Å². The van der Waals surface area contributed by atoms with E-state index in [1.165, 1.54) is 5.69 Å². The zero-order chi connectivity index (χ0) is 19.3. The van der Waals surface area contributed by atoms with Crippen LogP contribution in [0.25, 0.3) is 11.3 Å². The largest absolute Gasteiger partial charge is 0.455 e. The summed E-state index contributed by atoms with van der Waals surface area (Å²) in [5.74, 6) is 1.59. The molecule has 3 aromatic rings. The van der Waals surface area contributed by atoms with Crippen LogP contribution in [0.4, 0.5) is 11.4 Å². The number of hydrogen-bond donors (Lipinski definition) is 0. The molecule has 4 nitrogen and oxygen atoms in total. The summed E-state index contributed by atoms with van der Waals surface area (Å²) in [5, 5.41) is 0. The molecule has 2 heterocycles. The van der Waals surface area contributed by atoms with Crippen LogP contribution in [0, 0.1) is 0 Å². The molecule has 0 radical (unpaired) electrons. The number of rotatable bonds is 5. The summed E-state index contributed by atoms with van der Waals surface area (Å²) >= 11 is 3.45. The third-order valence-corrected chi connectivity index (χ3v) is 5.66. The standard InChI is InChI=1S/C23H24BrN3O/c1-2-26-13-15-27(16-14-26)21-9-7-20(8-10-21)25-17-22-11-12-23(28-22)18-3-5-19(24)6-4-18/h3-12,17H,2,13-16H2,1H3. The lowest BCUT2D eigenvalue weighted by atomic mass is 10.2. The van der Waals surface area contributed by atoms with Crippen LogP contribution < -0.4 is 4.90 Å². The molecule has 0 spiro atoms. The smallest absolute Gasteiger partial charge is 0.145 e. The number of furan rings is 1. The molecule has 0 aliphatic carbocycles. The molecular formula is C23H24BrN3O. The van der Waals surface area contributed by atoms with Crippen LogP contribution in [-0.4, -0.2) is 43.8 Å². The van der Waals surface area contributed by atoms with Crippen molar-refractivity contribution in [1.29, 1.82) is 0 Å². The number of likely N-dealkylation sites (N-methyl/N-ethyl adjacent to an activating group) is 1. The van der Waals surface area contributed by atoms with Crippen molar-refractivity contribution in [2.75, 3.05) is 37.6 Å². The first-order valence-corrected chi connectivity index (χ1v) is 10.5. The van der Waals surface area contributed by atoms with Gasteiger partial charge in [-0.05, 0) is 55.1 Å². The highest BCUT2D eigenvalue weighted by Crippen LogP contribution is 2.24. The van der Waals surface area contributed by atoms with Gasteiger partial charge in [-0.15, -0.1) is 0 Å². The van der Waals surface area contributed by atoms with Gasteiger partial charge in [0.05, 0.1) is 11.9 Å². The molecule has 0 bridgehead atoms. The lowest BCUT2D eigenvalue weighted by Crippen LogP contribution is -2.46. The van der Waals surface area contributed by atoms with Crippen molar-refractivity contribution in [2.45, 2.75) is 6.92 Å². The van der Waals surface area contributed by atoms with Crippen molar-refractivity contribution in [3.05, 3.63) is 70.9 Å². The molecular weight excluding hydrogens is 414 g/mol. The fourth-order valence-corrected chi connectivity index (χ4v) is 3.67. The lowest BCUT2D eigenvalue weighted by Gasteiger charge is -2.35. The first kappa shape index (κ1) is 19.0. The number of hydrogen-bond acceptors (Lipinski definition) is 4. The number of aliphatic imine (C=N–C) groups is 1. The predicted molar refractivity (Wildman–Crippen MR) is 120 cm³/mol. The third kappa shape index (κ3) is 4.54. The number of nitrogens with zero attached hydrogens (tertiary/aromatic N) is 3. The molecule has 1 fully saturated rings. The van der Waals surface area contributed by atoms with Crippen molar-refractivity contribution in [3.63, 3.8) is 0 Å². The van der Waals surface area contributed by atoms with Gasteiger partial charge < -0.3 is 14.2 Å². The van der Waals surface area contributed by atoms with Gasteiger partial charge in [-0.2, -0.15) is 0 Å². The van der Waals surface area contributed by atoms with Crippen LogP contribution in [0.1, 0.15) is 12.7 Å². The van der Waals surface area contributed by atoms with E-state index in [0.717, 1.165) is 60.0 Å². The normalized spacial score (nSPS) is 15.4. The average Bonchev–Trinajstić information content (AvgIpc) is 3.22. The maximum atomic E-state index is 5.89. The summed E-state index contributed by atoms with van der Waals surface area (Å²) in [6.07, 6.45) is 1.78. The second kappa shape index (κ2) is 8.76. The van der Waals surface area contributed by atoms with E-state index < -0.39 is 0 Å². The Bertz CT molecular complexity index is 923. The van der Waals surface area contributed by atoms with Gasteiger partial charge in [-0.1, -0.05) is 35.0 Å². The van der Waals surface area contributed by atoms with E-state index in [0.29, 0.717) is 0 Å². The van der Waals surface area contributed by atoms with Gasteiger partial charge in [-0.3, -0.25) is 4.99 Å². The monoisotopic (exact) mass is 437 g/mol. The third-order valence-electron chi connectivity index (χ3n) is 5.13. The van der Waals surface area contributed by atoms with Crippen LogP contribution >= 0.6 is 15.9 Å². The molecule has 1 aliphatic heterocycles. The summed E-state index contributed by atoms with van der Waals surface area (Å²) < 4.78 is 6.95. The summed E-state index contributed by atoms with van der Waals surface area (Å²) in [4.78, 5) is 9.48. The van der Waals surface area contributed by atoms with Crippen LogP contribution in [-0.2, 0) is 0 Å². The average molecular weight is 438 g/mol. The fourth-order valence-electron chi connectivity index (χ4n) is 3.40. The van der Waals surface area contributed by atoms with E-state index >= 15 is 0 Å². The first-order chi connectivity index (χ1) is 13.7. The van der Waals surface area contributed by atoms with Crippen molar-refractivity contribution >= 4 is 33.5 Å². The molecule has 0 N–H and O–H groups in total. The minimum absolute atomic E-state index is 0.748. The summed E-state index contributed by atoms with van der Waals surface area (Å²) in [6, 6.07) is 20.4. The highest BCUT2D eigenvalue weighted by Gasteiger charge is 2.15. The molecule has 1 aromatic heterocycles. The van der Waals surface area contributed by atoms with E-state index in [1.807, 2.05) is 36.4 Å². The number of anilines is 1. The van der Waals surface area contributed by atoms with Crippen LogP contribution in [0.5, 0.6) is 0 Å². The maximum Gasteiger partial charge on any atom is 0.145 e. The minimum atomic E-state index is 0.748. The van der Waals surface area contributed by atoms with Gasteiger partial charge in [0.25, 0.3) is 0 Å². The van der Waals surface area contributed by atoms with E-state index in [9.17, 15) is 0 Å².